The molecule has 130 valence electrons. The summed E-state index contributed by atoms with van der Waals surface area (Å²) in [5.74, 6) is 2.36. The molecule has 1 saturated heterocycles. The minimum atomic E-state index is 0.677. The van der Waals surface area contributed by atoms with Crippen LogP contribution in [0, 0.1) is 6.92 Å². The predicted molar refractivity (Wildman–Crippen MR) is 98.6 cm³/mol. The third-order valence-corrected chi connectivity index (χ3v) is 5.30. The van der Waals surface area contributed by atoms with Crippen LogP contribution in [-0.2, 0) is 5.75 Å². The Kier molecular flexibility index (Phi) is 4.67. The second kappa shape index (κ2) is 7.09. The quantitative estimate of drug-likeness (QED) is 0.625. The number of benzene rings is 1. The zero-order valence-electron chi connectivity index (χ0n) is 13.9. The van der Waals surface area contributed by atoms with Crippen molar-refractivity contribution in [2.24, 2.45) is 0 Å². The molecule has 1 aliphatic rings. The number of hydrogen-bond donors (Lipinski definition) is 0. The van der Waals surface area contributed by atoms with Crippen LogP contribution in [0.2, 0.25) is 5.02 Å². The standard InChI is InChI=1S/C17H18ClN5OS/c1-12-9-14(21-24-12)11-25-17-20-19-16(22-7-2-3-8-22)23(17)15-6-4-5-13(18)10-15/h4-6,9-10H,2-3,7-8,11H2,1H3. The van der Waals surface area contributed by atoms with E-state index in [-0.39, 0.29) is 0 Å². The molecule has 3 aromatic rings. The molecular weight excluding hydrogens is 358 g/mol. The van der Waals surface area contributed by atoms with E-state index in [1.165, 1.54) is 12.8 Å². The molecule has 0 spiro atoms. The molecule has 1 aromatic carbocycles. The van der Waals surface area contributed by atoms with Crippen LogP contribution in [0.4, 0.5) is 5.95 Å². The molecule has 0 amide bonds. The Labute approximate surface area is 155 Å². The van der Waals surface area contributed by atoms with Crippen LogP contribution in [0.25, 0.3) is 5.69 Å². The molecule has 0 bridgehead atoms. The fraction of sp³-hybridized carbons (Fsp3) is 0.353. The molecule has 0 radical (unpaired) electrons. The zero-order valence-corrected chi connectivity index (χ0v) is 15.4. The number of halogens is 1. The van der Waals surface area contributed by atoms with E-state index in [1.54, 1.807) is 11.8 Å². The summed E-state index contributed by atoms with van der Waals surface area (Å²) in [7, 11) is 0. The lowest BCUT2D eigenvalue weighted by Crippen LogP contribution is -2.22. The van der Waals surface area contributed by atoms with Crippen molar-refractivity contribution in [1.29, 1.82) is 0 Å². The molecule has 0 saturated carbocycles. The Hall–Kier alpha value is -1.99. The molecule has 3 heterocycles. The summed E-state index contributed by atoms with van der Waals surface area (Å²) < 4.78 is 7.22. The highest BCUT2D eigenvalue weighted by Crippen LogP contribution is 2.31. The maximum absolute atomic E-state index is 6.20. The lowest BCUT2D eigenvalue weighted by atomic mass is 10.3. The summed E-state index contributed by atoms with van der Waals surface area (Å²) >= 11 is 7.80. The molecule has 1 fully saturated rings. The van der Waals surface area contributed by atoms with Gasteiger partial charge in [-0.25, -0.2) is 0 Å². The van der Waals surface area contributed by atoms with E-state index >= 15 is 0 Å². The van der Waals surface area contributed by atoms with Crippen LogP contribution in [0.3, 0.4) is 0 Å². The number of anilines is 1. The topological polar surface area (TPSA) is 60.0 Å². The van der Waals surface area contributed by atoms with Gasteiger partial charge in [-0.2, -0.15) is 0 Å². The summed E-state index contributed by atoms with van der Waals surface area (Å²) in [5.41, 5.74) is 1.86. The van der Waals surface area contributed by atoms with Crippen molar-refractivity contribution in [3.63, 3.8) is 0 Å². The Morgan fingerprint density at radius 3 is 2.76 bits per heavy atom. The van der Waals surface area contributed by atoms with Gasteiger partial charge in [-0.15, -0.1) is 10.2 Å². The van der Waals surface area contributed by atoms with E-state index in [4.69, 9.17) is 16.1 Å². The Morgan fingerprint density at radius 1 is 1.20 bits per heavy atom. The molecule has 0 aliphatic carbocycles. The lowest BCUT2D eigenvalue weighted by Gasteiger charge is -2.18. The predicted octanol–water partition coefficient (Wildman–Crippen LogP) is 4.11. The molecule has 8 heteroatoms. The van der Waals surface area contributed by atoms with Crippen LogP contribution >= 0.6 is 23.4 Å². The van der Waals surface area contributed by atoms with E-state index in [1.807, 2.05) is 37.3 Å². The first-order valence-corrected chi connectivity index (χ1v) is 9.58. The average Bonchev–Trinajstić information content (AvgIpc) is 3.33. The van der Waals surface area contributed by atoms with Crippen LogP contribution in [0.5, 0.6) is 0 Å². The third kappa shape index (κ3) is 3.52. The van der Waals surface area contributed by atoms with Crippen molar-refractivity contribution < 1.29 is 4.52 Å². The molecule has 1 aliphatic heterocycles. The van der Waals surface area contributed by atoms with Gasteiger partial charge in [-0.1, -0.05) is 34.6 Å². The fourth-order valence-electron chi connectivity index (χ4n) is 2.94. The largest absolute Gasteiger partial charge is 0.361 e. The second-order valence-corrected chi connectivity index (χ2v) is 7.39. The van der Waals surface area contributed by atoms with Crippen molar-refractivity contribution in [3.05, 3.63) is 46.8 Å². The van der Waals surface area contributed by atoms with Crippen LogP contribution < -0.4 is 4.90 Å². The summed E-state index contributed by atoms with van der Waals surface area (Å²) in [6, 6.07) is 9.72. The average molecular weight is 376 g/mol. The van der Waals surface area contributed by atoms with E-state index in [0.717, 1.165) is 41.3 Å². The second-order valence-electron chi connectivity index (χ2n) is 6.01. The van der Waals surface area contributed by atoms with Crippen LogP contribution in [0.1, 0.15) is 24.3 Å². The van der Waals surface area contributed by atoms with Gasteiger partial charge in [-0.3, -0.25) is 4.57 Å². The van der Waals surface area contributed by atoms with Crippen LogP contribution in [-0.4, -0.2) is 33.0 Å². The number of nitrogens with zero attached hydrogens (tertiary/aromatic N) is 5. The molecule has 0 N–H and O–H groups in total. The summed E-state index contributed by atoms with van der Waals surface area (Å²) in [6.07, 6.45) is 2.37. The first kappa shape index (κ1) is 16.5. The molecule has 25 heavy (non-hydrogen) atoms. The van der Waals surface area contributed by atoms with Crippen LogP contribution in [0.15, 0.2) is 40.0 Å². The van der Waals surface area contributed by atoms with Crippen molar-refractivity contribution in [2.45, 2.75) is 30.7 Å². The first-order chi connectivity index (χ1) is 12.2. The van der Waals surface area contributed by atoms with E-state index < -0.39 is 0 Å². The van der Waals surface area contributed by atoms with Crippen molar-refractivity contribution >= 4 is 29.3 Å². The maximum Gasteiger partial charge on any atom is 0.232 e. The van der Waals surface area contributed by atoms with Gasteiger partial charge < -0.3 is 9.42 Å². The summed E-state index contributed by atoms with van der Waals surface area (Å²) in [4.78, 5) is 2.28. The highest BCUT2D eigenvalue weighted by molar-refractivity contribution is 7.98. The normalized spacial score (nSPS) is 14.4. The minimum Gasteiger partial charge on any atom is -0.361 e. The van der Waals surface area contributed by atoms with Gasteiger partial charge in [0.1, 0.15) is 5.76 Å². The van der Waals surface area contributed by atoms with Gasteiger partial charge in [-0.05, 0) is 38.0 Å². The smallest absolute Gasteiger partial charge is 0.232 e. The van der Waals surface area contributed by atoms with Gasteiger partial charge in [0, 0.05) is 29.9 Å². The van der Waals surface area contributed by atoms with Gasteiger partial charge >= 0.3 is 0 Å². The summed E-state index contributed by atoms with van der Waals surface area (Å²) in [6.45, 7) is 3.90. The minimum absolute atomic E-state index is 0.677. The fourth-order valence-corrected chi connectivity index (χ4v) is 3.96. The number of rotatable bonds is 5. The molecule has 2 aromatic heterocycles. The Bertz CT molecular complexity index is 872. The number of aryl methyl sites for hydroxylation is 1. The van der Waals surface area contributed by atoms with Gasteiger partial charge in [0.15, 0.2) is 5.16 Å². The van der Waals surface area contributed by atoms with Crippen molar-refractivity contribution in [3.8, 4) is 5.69 Å². The lowest BCUT2D eigenvalue weighted by molar-refractivity contribution is 0.393. The molecular formula is C17H18ClN5OS. The van der Waals surface area contributed by atoms with Crippen molar-refractivity contribution in [2.75, 3.05) is 18.0 Å². The highest BCUT2D eigenvalue weighted by Gasteiger charge is 2.22. The van der Waals surface area contributed by atoms with Crippen molar-refractivity contribution in [1.82, 2.24) is 19.9 Å². The third-order valence-electron chi connectivity index (χ3n) is 4.10. The van der Waals surface area contributed by atoms with E-state index in [9.17, 15) is 0 Å². The highest BCUT2D eigenvalue weighted by atomic mass is 35.5. The number of hydrogen-bond acceptors (Lipinski definition) is 6. The molecule has 0 unspecified atom stereocenters. The molecule has 4 rings (SSSR count). The van der Waals surface area contributed by atoms with E-state index in [0.29, 0.717) is 10.8 Å². The molecule has 6 nitrogen and oxygen atoms in total. The van der Waals surface area contributed by atoms with Gasteiger partial charge in [0.05, 0.1) is 11.4 Å². The zero-order chi connectivity index (χ0) is 17.2. The van der Waals surface area contributed by atoms with Gasteiger partial charge in [0.2, 0.25) is 5.95 Å². The number of thioether (sulfide) groups is 1. The SMILES string of the molecule is Cc1cc(CSc2nnc(N3CCCC3)n2-c2cccc(Cl)c2)no1. The summed E-state index contributed by atoms with van der Waals surface area (Å²) in [5, 5.41) is 14.4. The Morgan fingerprint density at radius 2 is 2.04 bits per heavy atom. The van der Waals surface area contributed by atoms with Gasteiger partial charge in [0.25, 0.3) is 0 Å². The number of aromatic nitrogens is 4. The maximum atomic E-state index is 6.20. The Balaban J connectivity index is 1.68. The molecule has 0 atom stereocenters. The first-order valence-electron chi connectivity index (χ1n) is 8.22. The monoisotopic (exact) mass is 375 g/mol. The van der Waals surface area contributed by atoms with E-state index in [2.05, 4.69) is 24.8 Å².